The van der Waals surface area contributed by atoms with E-state index in [1.165, 1.54) is 18.5 Å². The van der Waals surface area contributed by atoms with Crippen LogP contribution in [-0.4, -0.2) is 43.7 Å². The van der Waals surface area contributed by atoms with E-state index in [2.05, 4.69) is 22.0 Å². The van der Waals surface area contributed by atoms with Gasteiger partial charge in [0.2, 0.25) is 0 Å². The van der Waals surface area contributed by atoms with Crippen molar-refractivity contribution in [3.8, 4) is 10.1 Å². The van der Waals surface area contributed by atoms with E-state index >= 15 is 0 Å². The van der Waals surface area contributed by atoms with E-state index in [0.29, 0.717) is 0 Å². The molecule has 1 aliphatic rings. The summed E-state index contributed by atoms with van der Waals surface area (Å²) in [7, 11) is 0. The first kappa shape index (κ1) is 12.5. The summed E-state index contributed by atoms with van der Waals surface area (Å²) in [4.78, 5) is 19.1. The zero-order chi connectivity index (χ0) is 13.2. The predicted octanol–water partition coefficient (Wildman–Crippen LogP) is 2.10. The molecule has 1 saturated heterocycles. The maximum absolute atomic E-state index is 10.8. The Balaban J connectivity index is 1.82. The topological polar surface area (TPSA) is 53.4 Å². The first-order valence-corrected chi connectivity index (χ1v) is 8.13. The molecule has 5 heteroatoms. The van der Waals surface area contributed by atoms with Crippen molar-refractivity contribution in [2.75, 3.05) is 18.0 Å². The van der Waals surface area contributed by atoms with Gasteiger partial charge < -0.3 is 0 Å². The van der Waals surface area contributed by atoms with Crippen LogP contribution < -0.4 is 4.90 Å². The van der Waals surface area contributed by atoms with Crippen LogP contribution in [-0.2, 0) is 0 Å². The summed E-state index contributed by atoms with van der Waals surface area (Å²) in [5.74, 6) is -0.939. The van der Waals surface area contributed by atoms with Gasteiger partial charge in [0.25, 0.3) is 0 Å². The number of carbonyl (C=O) groups is 1. The Morgan fingerprint density at radius 2 is 1.89 bits per heavy atom. The van der Waals surface area contributed by atoms with Crippen LogP contribution in [0.1, 0.15) is 23.3 Å². The Morgan fingerprint density at radius 3 is 2.47 bits per heavy atom. The van der Waals surface area contributed by atoms with Crippen LogP contribution in [0.2, 0.25) is 0 Å². The molecular weight excluding hydrogens is 307 g/mol. The third-order valence-electron chi connectivity index (χ3n) is 3.31. The fraction of sp³-hybridized carbons (Fsp3) is 0.286. The Kier molecular flexibility index (Phi) is 3.40. The number of hydrogen-bond donors (Lipinski definition) is 1. The molecule has 19 heavy (non-hydrogen) atoms. The van der Waals surface area contributed by atoms with Crippen molar-refractivity contribution in [1.29, 1.82) is 0 Å². The molecule has 1 aromatic heterocycles. The van der Waals surface area contributed by atoms with E-state index in [1.807, 2.05) is 12.1 Å². The molecule has 1 fully saturated rings. The number of aromatic nitrogens is 1. The maximum atomic E-state index is 10.8. The number of carboxylic acids is 1. The van der Waals surface area contributed by atoms with Crippen LogP contribution >= 0.6 is 0 Å². The number of anilines is 1. The van der Waals surface area contributed by atoms with Gasteiger partial charge in [-0.15, -0.1) is 0 Å². The van der Waals surface area contributed by atoms with E-state index in [0.717, 1.165) is 23.2 Å². The average molecular weight is 321 g/mol. The molecule has 0 spiro atoms. The fourth-order valence-electron chi connectivity index (χ4n) is 2.29. The zero-order valence-corrected chi connectivity index (χ0v) is 12.1. The molecule has 3 rings (SSSR count). The number of carboxylic acid groups (broad SMARTS) is 1. The van der Waals surface area contributed by atoms with Crippen LogP contribution in [0.4, 0.5) is 5.69 Å². The molecule has 0 unspecified atom stereocenters. The van der Waals surface area contributed by atoms with Gasteiger partial charge in [-0.1, -0.05) is 0 Å². The standard InChI is InChI=1S/C14H14N2O2Se/c17-14(18)12-9-19-13(15-12)10-3-5-11(6-4-10)16-7-1-2-8-16/h3-6,9H,1-2,7-8H2,(H,17,18). The first-order chi connectivity index (χ1) is 9.24. The SMILES string of the molecule is O=C(O)c1c[se]c(-c2ccc(N3CCCC3)cc2)n1. The van der Waals surface area contributed by atoms with Crippen molar-refractivity contribution < 1.29 is 9.90 Å². The van der Waals surface area contributed by atoms with Gasteiger partial charge in [-0.05, 0) is 0 Å². The number of nitrogens with zero attached hydrogens (tertiary/aromatic N) is 2. The molecule has 2 heterocycles. The Morgan fingerprint density at radius 1 is 1.21 bits per heavy atom. The van der Waals surface area contributed by atoms with Crippen molar-refractivity contribution in [1.82, 2.24) is 4.98 Å². The van der Waals surface area contributed by atoms with E-state index in [-0.39, 0.29) is 20.2 Å². The van der Waals surface area contributed by atoms with Gasteiger partial charge in [0.05, 0.1) is 0 Å². The third kappa shape index (κ3) is 2.57. The third-order valence-corrected chi connectivity index (χ3v) is 5.18. The summed E-state index contributed by atoms with van der Waals surface area (Å²) in [5.41, 5.74) is 2.47. The van der Waals surface area contributed by atoms with E-state index < -0.39 is 5.97 Å². The van der Waals surface area contributed by atoms with Crippen molar-refractivity contribution in [3.05, 3.63) is 34.9 Å². The molecule has 0 atom stereocenters. The monoisotopic (exact) mass is 322 g/mol. The summed E-state index contributed by atoms with van der Waals surface area (Å²) in [6.45, 7) is 2.27. The van der Waals surface area contributed by atoms with Gasteiger partial charge in [-0.25, -0.2) is 0 Å². The summed E-state index contributed by atoms with van der Waals surface area (Å²) in [6.07, 6.45) is 2.53. The van der Waals surface area contributed by atoms with E-state index in [1.54, 1.807) is 4.94 Å². The number of aromatic carboxylic acids is 1. The van der Waals surface area contributed by atoms with Crippen LogP contribution in [0.5, 0.6) is 0 Å². The predicted molar refractivity (Wildman–Crippen MR) is 75.0 cm³/mol. The molecular formula is C14H14N2O2Se. The molecule has 2 aromatic rings. The molecule has 1 aliphatic heterocycles. The van der Waals surface area contributed by atoms with E-state index in [9.17, 15) is 4.79 Å². The zero-order valence-electron chi connectivity index (χ0n) is 10.4. The summed E-state index contributed by atoms with van der Waals surface area (Å²) < 4.78 is 0.901. The second-order valence-corrected chi connectivity index (χ2v) is 6.38. The van der Waals surface area contributed by atoms with Gasteiger partial charge in [0.15, 0.2) is 0 Å². The molecule has 0 saturated carbocycles. The van der Waals surface area contributed by atoms with Crippen LogP contribution in [0.25, 0.3) is 10.1 Å². The van der Waals surface area contributed by atoms with Gasteiger partial charge >= 0.3 is 117 Å². The Bertz CT molecular complexity index is 586. The molecule has 1 aromatic carbocycles. The van der Waals surface area contributed by atoms with Gasteiger partial charge in [0.1, 0.15) is 0 Å². The van der Waals surface area contributed by atoms with Gasteiger partial charge in [-0.3, -0.25) is 0 Å². The summed E-state index contributed by atoms with van der Waals surface area (Å²) in [6, 6.07) is 8.32. The van der Waals surface area contributed by atoms with Crippen molar-refractivity contribution in [2.24, 2.45) is 0 Å². The first-order valence-electron chi connectivity index (χ1n) is 6.28. The number of benzene rings is 1. The average Bonchev–Trinajstić information content (AvgIpc) is 3.11. The number of hydrogen-bond acceptors (Lipinski definition) is 3. The summed E-state index contributed by atoms with van der Waals surface area (Å²) in [5, 5.41) is 8.89. The molecule has 1 N–H and O–H groups in total. The minimum absolute atomic E-state index is 0.0306. The molecule has 4 nitrogen and oxygen atoms in total. The molecule has 0 amide bonds. The van der Waals surface area contributed by atoms with Crippen molar-refractivity contribution >= 4 is 26.2 Å². The van der Waals surface area contributed by atoms with E-state index in [4.69, 9.17) is 5.11 Å². The normalized spacial score (nSPS) is 14.8. The molecule has 98 valence electrons. The Hall–Kier alpha value is -1.58. The van der Waals surface area contributed by atoms with Gasteiger partial charge in [0, 0.05) is 0 Å². The van der Waals surface area contributed by atoms with Gasteiger partial charge in [-0.2, -0.15) is 0 Å². The Labute approximate surface area is 117 Å². The van der Waals surface area contributed by atoms with Crippen LogP contribution in [0.3, 0.4) is 0 Å². The molecule has 0 aliphatic carbocycles. The van der Waals surface area contributed by atoms with Crippen molar-refractivity contribution in [3.63, 3.8) is 0 Å². The van der Waals surface area contributed by atoms with Crippen LogP contribution in [0, 0.1) is 0 Å². The second-order valence-electron chi connectivity index (χ2n) is 4.58. The quantitative estimate of drug-likeness (QED) is 0.880. The minimum atomic E-state index is -0.939. The second kappa shape index (κ2) is 5.19. The number of rotatable bonds is 3. The van der Waals surface area contributed by atoms with Crippen LogP contribution in [0.15, 0.2) is 29.2 Å². The summed E-state index contributed by atoms with van der Waals surface area (Å²) >= 11 is 0.0306. The van der Waals surface area contributed by atoms with Crippen molar-refractivity contribution in [2.45, 2.75) is 12.8 Å². The molecule has 0 radical (unpaired) electrons. The molecule has 0 bridgehead atoms. The fourth-order valence-corrected chi connectivity index (χ4v) is 3.97.